The number of carbonyl (C=O) groups is 2. The van der Waals surface area contributed by atoms with Crippen LogP contribution in [0.25, 0.3) is 0 Å². The number of anilines is 1. The van der Waals surface area contributed by atoms with E-state index in [9.17, 15) is 9.59 Å². The van der Waals surface area contributed by atoms with Crippen molar-refractivity contribution < 1.29 is 14.4 Å². The standard InChI is InChI=1S/C17H15ClN4O3/c1-8-4-5-10(18)6-12(8)22-16(23)13-14(20-25-15(13)17(22)24)11-7-21(3)19-9(11)2/h4-7,13,15H,1-3H3/t13-,15-/m0/s1. The van der Waals surface area contributed by atoms with E-state index in [0.717, 1.165) is 16.2 Å². The van der Waals surface area contributed by atoms with E-state index >= 15 is 0 Å². The highest BCUT2D eigenvalue weighted by atomic mass is 35.5. The lowest BCUT2D eigenvalue weighted by atomic mass is 9.94. The van der Waals surface area contributed by atoms with Crippen molar-refractivity contribution in [3.8, 4) is 0 Å². The summed E-state index contributed by atoms with van der Waals surface area (Å²) in [6.07, 6.45) is 0.825. The quantitative estimate of drug-likeness (QED) is 0.769. The number of fused-ring (bicyclic) bond motifs is 1. The van der Waals surface area contributed by atoms with Crippen LogP contribution in [0.2, 0.25) is 5.02 Å². The summed E-state index contributed by atoms with van der Waals surface area (Å²) in [5.74, 6) is -1.56. The maximum atomic E-state index is 13.0. The average molecular weight is 359 g/mol. The average Bonchev–Trinajstić information content (AvgIpc) is 3.19. The Kier molecular flexibility index (Phi) is 3.43. The first-order valence-corrected chi connectivity index (χ1v) is 8.14. The van der Waals surface area contributed by atoms with Gasteiger partial charge in [-0.05, 0) is 31.5 Å². The Morgan fingerprint density at radius 1 is 1.20 bits per heavy atom. The molecule has 1 aromatic heterocycles. The minimum absolute atomic E-state index is 0.361. The number of rotatable bonds is 2. The Morgan fingerprint density at radius 2 is 1.96 bits per heavy atom. The smallest absolute Gasteiger partial charge is 0.278 e. The van der Waals surface area contributed by atoms with Gasteiger partial charge in [-0.15, -0.1) is 0 Å². The van der Waals surface area contributed by atoms with E-state index in [1.165, 1.54) is 0 Å². The van der Waals surface area contributed by atoms with E-state index in [-0.39, 0.29) is 5.91 Å². The van der Waals surface area contributed by atoms with E-state index in [1.807, 2.05) is 13.8 Å². The van der Waals surface area contributed by atoms with Crippen molar-refractivity contribution in [2.75, 3.05) is 4.90 Å². The summed E-state index contributed by atoms with van der Waals surface area (Å²) in [7, 11) is 1.79. The molecular weight excluding hydrogens is 344 g/mol. The van der Waals surface area contributed by atoms with Crippen LogP contribution in [0, 0.1) is 19.8 Å². The maximum Gasteiger partial charge on any atom is 0.278 e. The van der Waals surface area contributed by atoms with Gasteiger partial charge in [0, 0.05) is 23.8 Å². The van der Waals surface area contributed by atoms with Crippen LogP contribution in [0.3, 0.4) is 0 Å². The third-order valence-corrected chi connectivity index (χ3v) is 4.75. The second-order valence-corrected chi connectivity index (χ2v) is 6.66. The first-order valence-electron chi connectivity index (χ1n) is 7.77. The summed E-state index contributed by atoms with van der Waals surface area (Å²) < 4.78 is 1.64. The third kappa shape index (κ3) is 2.26. The Bertz CT molecular complexity index is 949. The van der Waals surface area contributed by atoms with Gasteiger partial charge in [-0.3, -0.25) is 14.3 Å². The van der Waals surface area contributed by atoms with Crippen molar-refractivity contribution in [1.29, 1.82) is 0 Å². The highest BCUT2D eigenvalue weighted by molar-refractivity contribution is 6.34. The van der Waals surface area contributed by atoms with Crippen molar-refractivity contribution >= 4 is 34.8 Å². The van der Waals surface area contributed by atoms with Gasteiger partial charge < -0.3 is 4.84 Å². The van der Waals surface area contributed by atoms with Gasteiger partial charge in [-0.1, -0.05) is 22.8 Å². The van der Waals surface area contributed by atoms with E-state index in [2.05, 4.69) is 10.3 Å². The van der Waals surface area contributed by atoms with Gasteiger partial charge in [0.2, 0.25) is 12.0 Å². The van der Waals surface area contributed by atoms with Crippen LogP contribution >= 0.6 is 11.6 Å². The summed E-state index contributed by atoms with van der Waals surface area (Å²) in [6, 6.07) is 5.10. The van der Waals surface area contributed by atoms with Crippen molar-refractivity contribution in [2.45, 2.75) is 20.0 Å². The fourth-order valence-corrected chi connectivity index (χ4v) is 3.48. The molecule has 0 bridgehead atoms. The van der Waals surface area contributed by atoms with Gasteiger partial charge >= 0.3 is 0 Å². The minimum Gasteiger partial charge on any atom is -0.381 e. The number of halogens is 1. The third-order valence-electron chi connectivity index (χ3n) is 4.51. The van der Waals surface area contributed by atoms with Crippen LogP contribution in [-0.2, 0) is 21.5 Å². The lowest BCUT2D eigenvalue weighted by Crippen LogP contribution is -2.33. The van der Waals surface area contributed by atoms with Gasteiger partial charge in [0.25, 0.3) is 5.91 Å². The molecule has 8 heteroatoms. The van der Waals surface area contributed by atoms with Gasteiger partial charge in [0.15, 0.2) is 0 Å². The summed E-state index contributed by atoms with van der Waals surface area (Å²) in [5, 5.41) is 8.73. The monoisotopic (exact) mass is 358 g/mol. The van der Waals surface area contributed by atoms with E-state index in [1.54, 1.807) is 36.1 Å². The molecule has 0 saturated carbocycles. The van der Waals surface area contributed by atoms with Crippen molar-refractivity contribution in [3.05, 3.63) is 46.2 Å². The molecule has 0 N–H and O–H groups in total. The van der Waals surface area contributed by atoms with Crippen LogP contribution < -0.4 is 4.90 Å². The zero-order valence-electron chi connectivity index (χ0n) is 13.9. The highest BCUT2D eigenvalue weighted by Crippen LogP contribution is 2.37. The zero-order chi connectivity index (χ0) is 17.9. The number of oxime groups is 1. The first kappa shape index (κ1) is 15.8. The topological polar surface area (TPSA) is 76.8 Å². The van der Waals surface area contributed by atoms with Crippen molar-refractivity contribution in [1.82, 2.24) is 9.78 Å². The maximum absolute atomic E-state index is 13.0. The van der Waals surface area contributed by atoms with Gasteiger partial charge in [-0.2, -0.15) is 5.10 Å². The second kappa shape index (κ2) is 5.42. The number of nitrogens with zero attached hydrogens (tertiary/aromatic N) is 4. The van der Waals surface area contributed by atoms with E-state index < -0.39 is 17.9 Å². The van der Waals surface area contributed by atoms with Gasteiger partial charge in [-0.25, -0.2) is 4.90 Å². The van der Waals surface area contributed by atoms with Crippen LogP contribution in [-0.4, -0.2) is 33.4 Å². The molecule has 2 aromatic rings. The summed E-state index contributed by atoms with van der Waals surface area (Å²) in [4.78, 5) is 32.3. The lowest BCUT2D eigenvalue weighted by Gasteiger charge is -2.18. The number of hydrogen-bond donors (Lipinski definition) is 0. The molecule has 1 aromatic carbocycles. The molecule has 0 spiro atoms. The molecule has 7 nitrogen and oxygen atoms in total. The molecule has 2 atom stereocenters. The number of amides is 2. The van der Waals surface area contributed by atoms with Crippen molar-refractivity contribution in [2.24, 2.45) is 18.1 Å². The molecule has 2 amide bonds. The lowest BCUT2D eigenvalue weighted by molar-refractivity contribution is -0.126. The highest BCUT2D eigenvalue weighted by Gasteiger charge is 2.56. The van der Waals surface area contributed by atoms with E-state index in [0.29, 0.717) is 22.0 Å². The molecule has 3 heterocycles. The molecule has 0 unspecified atom stereocenters. The zero-order valence-corrected chi connectivity index (χ0v) is 14.6. The van der Waals surface area contributed by atoms with Gasteiger partial charge in [0.05, 0.1) is 11.4 Å². The molecule has 4 rings (SSSR count). The van der Waals surface area contributed by atoms with Crippen LogP contribution in [0.1, 0.15) is 16.8 Å². The predicted molar refractivity (Wildman–Crippen MR) is 91.5 cm³/mol. The molecule has 2 aliphatic rings. The molecule has 2 aliphatic heterocycles. The molecule has 25 heavy (non-hydrogen) atoms. The van der Waals surface area contributed by atoms with Crippen molar-refractivity contribution in [3.63, 3.8) is 0 Å². The predicted octanol–water partition coefficient (Wildman–Crippen LogP) is 1.98. The fraction of sp³-hybridized carbons (Fsp3) is 0.294. The molecule has 1 saturated heterocycles. The number of hydrogen-bond acceptors (Lipinski definition) is 5. The molecule has 0 radical (unpaired) electrons. The number of carbonyl (C=O) groups excluding carboxylic acids is 2. The first-order chi connectivity index (χ1) is 11.9. The number of aromatic nitrogens is 2. The molecule has 128 valence electrons. The summed E-state index contributed by atoms with van der Waals surface area (Å²) in [5.41, 5.74) is 3.13. The Hall–Kier alpha value is -2.67. The number of aryl methyl sites for hydroxylation is 3. The second-order valence-electron chi connectivity index (χ2n) is 6.22. The SMILES string of the molecule is Cc1ccc(Cl)cc1N1C(=O)[C@H]2C(c3cn(C)nc3C)=NO[C@@H]2C1=O. The molecule has 1 fully saturated rings. The number of imide groups is 1. The molecular formula is C17H15ClN4O3. The fourth-order valence-electron chi connectivity index (χ4n) is 3.31. The Labute approximate surface area is 148 Å². The van der Waals surface area contributed by atoms with Crippen LogP contribution in [0.15, 0.2) is 29.6 Å². The van der Waals surface area contributed by atoms with Crippen LogP contribution in [0.5, 0.6) is 0 Å². The van der Waals surface area contributed by atoms with Gasteiger partial charge in [0.1, 0.15) is 11.6 Å². The summed E-state index contributed by atoms with van der Waals surface area (Å²) >= 11 is 6.04. The Morgan fingerprint density at radius 3 is 2.64 bits per heavy atom. The summed E-state index contributed by atoms with van der Waals surface area (Å²) in [6.45, 7) is 3.65. The minimum atomic E-state index is -0.944. The largest absolute Gasteiger partial charge is 0.381 e. The van der Waals surface area contributed by atoms with Crippen LogP contribution in [0.4, 0.5) is 5.69 Å². The van der Waals surface area contributed by atoms with E-state index in [4.69, 9.17) is 16.4 Å². The number of benzene rings is 1. The Balaban J connectivity index is 1.76. The normalized spacial score (nSPS) is 22.2. The molecule has 0 aliphatic carbocycles.